The van der Waals surface area contributed by atoms with Crippen LogP contribution in [-0.4, -0.2) is 41.0 Å². The first-order valence-corrected chi connectivity index (χ1v) is 16.2. The summed E-state index contributed by atoms with van der Waals surface area (Å²) in [5, 5.41) is 6.00. The van der Waals surface area contributed by atoms with Crippen LogP contribution in [0.25, 0.3) is 0 Å². The monoisotopic (exact) mass is 613 g/mol. The molecular weight excluding hydrogens is 562 g/mol. The van der Waals surface area contributed by atoms with E-state index in [1.165, 1.54) is 0 Å². The molecule has 0 saturated heterocycles. The average molecular weight is 614 g/mol. The molecule has 0 radical (unpaired) electrons. The maximum absolute atomic E-state index is 14.7. The largest absolute Gasteiger partial charge is 0.444 e. The predicted molar refractivity (Wildman–Crippen MR) is 182 cm³/mol. The summed E-state index contributed by atoms with van der Waals surface area (Å²) >= 11 is 0. The van der Waals surface area contributed by atoms with Crippen LogP contribution >= 0.6 is 0 Å². The zero-order valence-corrected chi connectivity index (χ0v) is 28.1. The SMILES string of the molecule is CCCCCCCN(C(=O)C(Cc1ccccc1)NC(=O)OC(C)(C)C)C(C(=O)Nc1c(C)cccc1C)c1ccc(C)cc1. The molecule has 7 nitrogen and oxygen atoms in total. The van der Waals surface area contributed by atoms with Crippen molar-refractivity contribution in [2.75, 3.05) is 11.9 Å². The number of amides is 3. The van der Waals surface area contributed by atoms with Crippen LogP contribution in [-0.2, 0) is 20.7 Å². The molecule has 0 aliphatic carbocycles. The molecule has 0 aliphatic heterocycles. The molecule has 2 unspecified atom stereocenters. The lowest BCUT2D eigenvalue weighted by molar-refractivity contribution is -0.140. The number of nitrogens with one attached hydrogen (secondary N) is 2. The summed E-state index contributed by atoms with van der Waals surface area (Å²) in [5.74, 6) is -0.628. The second-order valence-electron chi connectivity index (χ2n) is 12.9. The van der Waals surface area contributed by atoms with Crippen LogP contribution < -0.4 is 10.6 Å². The number of hydrogen-bond acceptors (Lipinski definition) is 4. The van der Waals surface area contributed by atoms with E-state index in [-0.39, 0.29) is 18.2 Å². The van der Waals surface area contributed by atoms with Gasteiger partial charge in [-0.25, -0.2) is 4.79 Å². The van der Waals surface area contributed by atoms with E-state index in [9.17, 15) is 14.4 Å². The van der Waals surface area contributed by atoms with Gasteiger partial charge in [0.15, 0.2) is 0 Å². The molecule has 3 aromatic carbocycles. The molecule has 0 heterocycles. The average Bonchev–Trinajstić information content (AvgIpc) is 2.98. The van der Waals surface area contributed by atoms with Crippen molar-refractivity contribution in [2.24, 2.45) is 0 Å². The standard InChI is InChI=1S/C38H51N3O4/c1-8-9-10-11-15-25-41(36(43)32(26-30-19-13-12-14-20-30)39-37(44)45-38(5,6)7)34(31-23-21-27(2)22-24-31)35(42)40-33-28(3)17-16-18-29(33)4/h12-14,16-24,32,34H,8-11,15,25-26H2,1-7H3,(H,39,44)(H,40,42). The number of aryl methyl sites for hydroxylation is 3. The van der Waals surface area contributed by atoms with Crippen molar-refractivity contribution in [1.29, 1.82) is 0 Å². The first-order chi connectivity index (χ1) is 21.4. The van der Waals surface area contributed by atoms with Gasteiger partial charge in [0.2, 0.25) is 5.91 Å². The van der Waals surface area contributed by atoms with Gasteiger partial charge in [-0.3, -0.25) is 9.59 Å². The molecule has 2 N–H and O–H groups in total. The number of unbranched alkanes of at least 4 members (excludes halogenated alkanes) is 4. The lowest BCUT2D eigenvalue weighted by Crippen LogP contribution is -2.53. The van der Waals surface area contributed by atoms with Gasteiger partial charge in [-0.15, -0.1) is 0 Å². The highest BCUT2D eigenvalue weighted by atomic mass is 16.6. The van der Waals surface area contributed by atoms with Gasteiger partial charge < -0.3 is 20.3 Å². The molecule has 0 fully saturated rings. The summed E-state index contributed by atoms with van der Waals surface area (Å²) in [7, 11) is 0. The van der Waals surface area contributed by atoms with Crippen molar-refractivity contribution in [2.45, 2.75) is 105 Å². The quantitative estimate of drug-likeness (QED) is 0.179. The van der Waals surface area contributed by atoms with Gasteiger partial charge in [0.05, 0.1) is 0 Å². The first kappa shape index (κ1) is 35.4. The third kappa shape index (κ3) is 11.1. The molecular formula is C38H51N3O4. The van der Waals surface area contributed by atoms with Crippen molar-refractivity contribution in [3.8, 4) is 0 Å². The molecule has 0 saturated carbocycles. The topological polar surface area (TPSA) is 87.7 Å². The molecule has 3 rings (SSSR count). The second kappa shape index (κ2) is 16.8. The number of ether oxygens (including phenoxy) is 1. The summed E-state index contributed by atoms with van der Waals surface area (Å²) in [6, 6.07) is 21.3. The molecule has 2 atom stereocenters. The Morgan fingerprint density at radius 1 is 0.800 bits per heavy atom. The van der Waals surface area contributed by atoms with Crippen LogP contribution in [0.2, 0.25) is 0 Å². The number of carbonyl (C=O) groups excluding carboxylic acids is 3. The highest BCUT2D eigenvalue weighted by molar-refractivity contribution is 6.00. The Hall–Kier alpha value is -4.13. The van der Waals surface area contributed by atoms with Crippen LogP contribution in [0.5, 0.6) is 0 Å². The fraction of sp³-hybridized carbons (Fsp3) is 0.447. The zero-order valence-electron chi connectivity index (χ0n) is 28.1. The lowest BCUT2D eigenvalue weighted by atomic mass is 9.98. The first-order valence-electron chi connectivity index (χ1n) is 16.2. The summed E-state index contributed by atoms with van der Waals surface area (Å²) in [4.78, 5) is 43.8. The van der Waals surface area contributed by atoms with Crippen molar-refractivity contribution >= 4 is 23.6 Å². The van der Waals surface area contributed by atoms with E-state index < -0.39 is 23.8 Å². The number of benzene rings is 3. The minimum absolute atomic E-state index is 0.254. The molecule has 0 spiro atoms. The van der Waals surface area contributed by atoms with E-state index in [4.69, 9.17) is 4.74 Å². The lowest BCUT2D eigenvalue weighted by Gasteiger charge is -2.35. The van der Waals surface area contributed by atoms with Crippen LogP contribution in [0, 0.1) is 20.8 Å². The van der Waals surface area contributed by atoms with Gasteiger partial charge in [-0.05, 0) is 70.2 Å². The molecule has 3 amide bonds. The van der Waals surface area contributed by atoms with Crippen LogP contribution in [0.1, 0.15) is 93.7 Å². The van der Waals surface area contributed by atoms with Gasteiger partial charge in [0.25, 0.3) is 5.91 Å². The van der Waals surface area contributed by atoms with E-state index in [1.54, 1.807) is 25.7 Å². The van der Waals surface area contributed by atoms with E-state index in [2.05, 4.69) is 17.6 Å². The summed E-state index contributed by atoms with van der Waals surface area (Å²) < 4.78 is 5.57. The van der Waals surface area contributed by atoms with Gasteiger partial charge >= 0.3 is 6.09 Å². The number of rotatable bonds is 14. The molecule has 0 aliphatic rings. The maximum atomic E-state index is 14.7. The Morgan fingerprint density at radius 3 is 2.02 bits per heavy atom. The van der Waals surface area contributed by atoms with Gasteiger partial charge in [-0.1, -0.05) is 111 Å². The Labute approximate surface area is 269 Å². The van der Waals surface area contributed by atoms with Gasteiger partial charge in [0.1, 0.15) is 17.7 Å². The Balaban J connectivity index is 2.08. The molecule has 7 heteroatoms. The number of nitrogens with zero attached hydrogens (tertiary/aromatic N) is 1. The minimum Gasteiger partial charge on any atom is -0.444 e. The minimum atomic E-state index is -0.946. The van der Waals surface area contributed by atoms with Crippen molar-refractivity contribution in [3.05, 3.63) is 101 Å². The Bertz CT molecular complexity index is 1380. The fourth-order valence-electron chi connectivity index (χ4n) is 5.38. The highest BCUT2D eigenvalue weighted by Crippen LogP contribution is 2.28. The van der Waals surface area contributed by atoms with Gasteiger partial charge in [-0.2, -0.15) is 0 Å². The fourth-order valence-corrected chi connectivity index (χ4v) is 5.38. The van der Waals surface area contributed by atoms with E-state index in [0.29, 0.717) is 12.1 Å². The Morgan fingerprint density at radius 2 is 1.42 bits per heavy atom. The van der Waals surface area contributed by atoms with Gasteiger partial charge in [0, 0.05) is 18.7 Å². The predicted octanol–water partition coefficient (Wildman–Crippen LogP) is 8.23. The normalized spacial score (nSPS) is 12.6. The van der Waals surface area contributed by atoms with E-state index in [0.717, 1.165) is 60.0 Å². The molecule has 45 heavy (non-hydrogen) atoms. The van der Waals surface area contributed by atoms with Crippen molar-refractivity contribution in [1.82, 2.24) is 10.2 Å². The van der Waals surface area contributed by atoms with E-state index >= 15 is 0 Å². The maximum Gasteiger partial charge on any atom is 0.408 e. The van der Waals surface area contributed by atoms with Crippen LogP contribution in [0.4, 0.5) is 10.5 Å². The molecule has 0 bridgehead atoms. The highest BCUT2D eigenvalue weighted by Gasteiger charge is 2.36. The second-order valence-corrected chi connectivity index (χ2v) is 12.9. The number of para-hydroxylation sites is 1. The summed E-state index contributed by atoms with van der Waals surface area (Å²) in [6.07, 6.45) is 4.50. The third-order valence-corrected chi connectivity index (χ3v) is 7.74. The zero-order chi connectivity index (χ0) is 33.0. The van der Waals surface area contributed by atoms with Crippen LogP contribution in [0.3, 0.4) is 0 Å². The number of anilines is 1. The number of alkyl carbamates (subject to hydrolysis) is 1. The summed E-state index contributed by atoms with van der Waals surface area (Å²) in [5.41, 5.74) is 4.54. The van der Waals surface area contributed by atoms with Crippen molar-refractivity contribution in [3.63, 3.8) is 0 Å². The number of hydrogen-bond donors (Lipinski definition) is 2. The molecule has 3 aromatic rings. The third-order valence-electron chi connectivity index (χ3n) is 7.74. The molecule has 242 valence electrons. The smallest absolute Gasteiger partial charge is 0.408 e. The van der Waals surface area contributed by atoms with Crippen molar-refractivity contribution < 1.29 is 19.1 Å². The summed E-state index contributed by atoms with van der Waals surface area (Å²) in [6.45, 7) is 13.8. The number of carbonyl (C=O) groups is 3. The van der Waals surface area contributed by atoms with Crippen LogP contribution in [0.15, 0.2) is 72.8 Å². The Kier molecular flexibility index (Phi) is 13.2. The molecule has 0 aromatic heterocycles. The van der Waals surface area contributed by atoms with E-state index in [1.807, 2.05) is 93.6 Å².